The Balaban J connectivity index is 1.33. The minimum atomic E-state index is -0.551. The zero-order valence-electron chi connectivity index (χ0n) is 18.9. The van der Waals surface area contributed by atoms with Crippen LogP contribution in [-0.4, -0.2) is 69.5 Å². The highest BCUT2D eigenvalue weighted by Gasteiger charge is 2.31. The van der Waals surface area contributed by atoms with E-state index in [-0.39, 0.29) is 11.9 Å². The third kappa shape index (κ3) is 5.63. The Kier molecular flexibility index (Phi) is 6.83. The highest BCUT2D eigenvalue weighted by Crippen LogP contribution is 2.23. The molecule has 9 heteroatoms. The van der Waals surface area contributed by atoms with E-state index < -0.39 is 11.8 Å². The molecule has 0 bridgehead atoms. The summed E-state index contributed by atoms with van der Waals surface area (Å²) in [5.41, 5.74) is 3.74. The summed E-state index contributed by atoms with van der Waals surface area (Å²) in [6.45, 7) is 5.88. The molecule has 1 N–H and O–H groups in total. The first-order valence-electron chi connectivity index (χ1n) is 11.2. The quantitative estimate of drug-likeness (QED) is 0.537. The molecule has 1 aliphatic heterocycles. The minimum absolute atomic E-state index is 0.144. The van der Waals surface area contributed by atoms with Gasteiger partial charge in [-0.3, -0.25) is 14.4 Å². The van der Waals surface area contributed by atoms with Gasteiger partial charge in [0.1, 0.15) is 5.15 Å². The van der Waals surface area contributed by atoms with Crippen LogP contribution in [0.15, 0.2) is 30.3 Å². The molecule has 0 spiro atoms. The van der Waals surface area contributed by atoms with E-state index in [1.54, 1.807) is 15.7 Å². The number of carbonyl (C=O) groups is 3. The summed E-state index contributed by atoms with van der Waals surface area (Å²) in [5.74, 6) is -1.23. The number of aryl methyl sites for hydroxylation is 2. The molecule has 8 nitrogen and oxygen atoms in total. The molecule has 0 radical (unpaired) electrons. The van der Waals surface area contributed by atoms with E-state index in [1.807, 2.05) is 38.1 Å². The van der Waals surface area contributed by atoms with Gasteiger partial charge in [0.05, 0.1) is 12.2 Å². The second-order valence-corrected chi connectivity index (χ2v) is 8.99. The molecular weight excluding hydrogens is 442 g/mol. The van der Waals surface area contributed by atoms with Crippen LogP contribution in [0.4, 0.5) is 0 Å². The van der Waals surface area contributed by atoms with E-state index in [9.17, 15) is 14.4 Å². The highest BCUT2D eigenvalue weighted by molar-refractivity contribution is 6.35. The number of rotatable bonds is 5. The van der Waals surface area contributed by atoms with Gasteiger partial charge in [0.2, 0.25) is 5.91 Å². The van der Waals surface area contributed by atoms with Crippen LogP contribution in [0, 0.1) is 13.8 Å². The van der Waals surface area contributed by atoms with Crippen LogP contribution in [0.1, 0.15) is 35.2 Å². The summed E-state index contributed by atoms with van der Waals surface area (Å²) in [6.07, 6.45) is 5.05. The predicted molar refractivity (Wildman–Crippen MR) is 126 cm³/mol. The molecule has 0 atom stereocenters. The number of halogens is 1. The van der Waals surface area contributed by atoms with Crippen LogP contribution in [0.5, 0.6) is 0 Å². The average Bonchev–Trinajstić information content (AvgIpc) is 3.58. The zero-order chi connectivity index (χ0) is 23.5. The lowest BCUT2D eigenvalue weighted by Crippen LogP contribution is -2.53. The van der Waals surface area contributed by atoms with Crippen LogP contribution in [0.2, 0.25) is 5.15 Å². The second-order valence-electron chi connectivity index (χ2n) is 8.63. The maximum absolute atomic E-state index is 12.7. The fourth-order valence-electron chi connectivity index (χ4n) is 3.74. The lowest BCUT2D eigenvalue weighted by atomic mass is 10.1. The van der Waals surface area contributed by atoms with Crippen LogP contribution in [0.3, 0.4) is 0 Å². The van der Waals surface area contributed by atoms with E-state index in [0.29, 0.717) is 43.4 Å². The number of amides is 3. The van der Waals surface area contributed by atoms with Gasteiger partial charge in [-0.15, -0.1) is 0 Å². The number of piperazine rings is 1. The number of benzene rings is 1. The van der Waals surface area contributed by atoms with Crippen molar-refractivity contribution in [3.63, 3.8) is 0 Å². The molecule has 1 aliphatic carbocycles. The van der Waals surface area contributed by atoms with E-state index >= 15 is 0 Å². The molecule has 1 aromatic carbocycles. The molecule has 3 amide bonds. The topological polar surface area (TPSA) is 87.5 Å². The van der Waals surface area contributed by atoms with E-state index in [0.717, 1.165) is 24.1 Å². The Labute approximate surface area is 198 Å². The molecule has 33 heavy (non-hydrogen) atoms. The van der Waals surface area contributed by atoms with Crippen molar-refractivity contribution in [2.45, 2.75) is 39.3 Å². The third-order valence-corrected chi connectivity index (χ3v) is 6.34. The molecule has 2 fully saturated rings. The largest absolute Gasteiger partial charge is 0.345 e. The number of hydrogen-bond donors (Lipinski definition) is 1. The SMILES string of the molecule is Cc1ccc(Cn2nc(C)c(/C=C/C(=O)N3CCN(C(=O)C(=O)NC4CC4)CC3)c2Cl)cc1. The van der Waals surface area contributed by atoms with Crippen LogP contribution < -0.4 is 5.32 Å². The monoisotopic (exact) mass is 469 g/mol. The summed E-state index contributed by atoms with van der Waals surface area (Å²) >= 11 is 6.55. The summed E-state index contributed by atoms with van der Waals surface area (Å²) in [7, 11) is 0. The number of hydrogen-bond acceptors (Lipinski definition) is 4. The van der Waals surface area contributed by atoms with E-state index in [1.165, 1.54) is 16.5 Å². The second kappa shape index (κ2) is 9.79. The van der Waals surface area contributed by atoms with E-state index in [4.69, 9.17) is 11.6 Å². The van der Waals surface area contributed by atoms with Gasteiger partial charge in [0, 0.05) is 43.9 Å². The Bertz CT molecular complexity index is 1080. The molecule has 0 unspecified atom stereocenters. The summed E-state index contributed by atoms with van der Waals surface area (Å²) < 4.78 is 1.72. The Hall–Kier alpha value is -3.13. The molecule has 2 aliphatic rings. The van der Waals surface area contributed by atoms with Gasteiger partial charge in [-0.1, -0.05) is 41.4 Å². The summed E-state index contributed by atoms with van der Waals surface area (Å²) in [5, 5.41) is 7.71. The first-order valence-corrected chi connectivity index (χ1v) is 11.5. The summed E-state index contributed by atoms with van der Waals surface area (Å²) in [4.78, 5) is 40.0. The van der Waals surface area contributed by atoms with Gasteiger partial charge < -0.3 is 15.1 Å². The first kappa shape index (κ1) is 23.0. The van der Waals surface area contributed by atoms with Crippen molar-refractivity contribution in [3.05, 3.63) is 57.9 Å². The average molecular weight is 470 g/mol. The minimum Gasteiger partial charge on any atom is -0.345 e. The van der Waals surface area contributed by atoms with Crippen molar-refractivity contribution in [2.75, 3.05) is 26.2 Å². The van der Waals surface area contributed by atoms with Crippen LogP contribution in [0.25, 0.3) is 6.08 Å². The predicted octanol–water partition coefficient (Wildman–Crippen LogP) is 2.16. The fraction of sp³-hybridized carbons (Fsp3) is 0.417. The smallest absolute Gasteiger partial charge is 0.312 e. The number of aromatic nitrogens is 2. The Morgan fingerprint density at radius 1 is 1.06 bits per heavy atom. The molecule has 2 aromatic rings. The first-order chi connectivity index (χ1) is 15.8. The lowest BCUT2D eigenvalue weighted by molar-refractivity contribution is -0.148. The van der Waals surface area contributed by atoms with Crippen molar-refractivity contribution in [2.24, 2.45) is 0 Å². The fourth-order valence-corrected chi connectivity index (χ4v) is 4.03. The van der Waals surface area contributed by atoms with Crippen molar-refractivity contribution in [1.82, 2.24) is 24.9 Å². The van der Waals surface area contributed by atoms with Gasteiger partial charge in [0.25, 0.3) is 0 Å². The number of carbonyl (C=O) groups excluding carboxylic acids is 3. The Morgan fingerprint density at radius 3 is 2.33 bits per heavy atom. The van der Waals surface area contributed by atoms with Crippen molar-refractivity contribution in [3.8, 4) is 0 Å². The van der Waals surface area contributed by atoms with Crippen molar-refractivity contribution >= 4 is 35.4 Å². The molecule has 4 rings (SSSR count). The van der Waals surface area contributed by atoms with Crippen molar-refractivity contribution in [1.29, 1.82) is 0 Å². The standard InChI is InChI=1S/C24H28ClN5O3/c1-16-3-5-18(6-4-16)15-30-22(25)20(17(2)27-30)9-10-21(31)28-11-13-29(14-12-28)24(33)23(32)26-19-7-8-19/h3-6,9-10,19H,7-8,11-15H2,1-2H3,(H,26,32)/b10-9+. The Morgan fingerprint density at radius 2 is 1.70 bits per heavy atom. The zero-order valence-corrected chi connectivity index (χ0v) is 19.6. The van der Waals surface area contributed by atoms with Gasteiger partial charge in [-0.2, -0.15) is 5.10 Å². The van der Waals surface area contributed by atoms with Gasteiger partial charge in [-0.25, -0.2) is 4.68 Å². The van der Waals surface area contributed by atoms with Gasteiger partial charge in [0.15, 0.2) is 0 Å². The van der Waals surface area contributed by atoms with Crippen LogP contribution in [-0.2, 0) is 20.9 Å². The van der Waals surface area contributed by atoms with Gasteiger partial charge in [-0.05, 0) is 38.3 Å². The lowest BCUT2D eigenvalue weighted by Gasteiger charge is -2.33. The van der Waals surface area contributed by atoms with Crippen molar-refractivity contribution < 1.29 is 14.4 Å². The molecule has 1 saturated heterocycles. The number of nitrogens with one attached hydrogen (secondary N) is 1. The molecular formula is C24H28ClN5O3. The van der Waals surface area contributed by atoms with Crippen LogP contribution >= 0.6 is 11.6 Å². The molecule has 2 heterocycles. The molecule has 174 valence electrons. The van der Waals surface area contributed by atoms with E-state index in [2.05, 4.69) is 10.4 Å². The highest BCUT2D eigenvalue weighted by atomic mass is 35.5. The number of nitrogens with zero attached hydrogens (tertiary/aromatic N) is 4. The molecule has 1 aromatic heterocycles. The normalized spacial score (nSPS) is 16.3. The van der Waals surface area contributed by atoms with Gasteiger partial charge >= 0.3 is 11.8 Å². The third-order valence-electron chi connectivity index (χ3n) is 5.94. The maximum atomic E-state index is 12.7. The molecule has 1 saturated carbocycles. The maximum Gasteiger partial charge on any atom is 0.312 e. The summed E-state index contributed by atoms with van der Waals surface area (Å²) in [6, 6.07) is 8.33.